The van der Waals surface area contributed by atoms with Gasteiger partial charge in [0.15, 0.2) is 0 Å². The van der Waals surface area contributed by atoms with Gasteiger partial charge in [-0.3, -0.25) is 0 Å². The van der Waals surface area contributed by atoms with Gasteiger partial charge in [-0.05, 0) is 31.6 Å². The van der Waals surface area contributed by atoms with E-state index in [9.17, 15) is 0 Å². The van der Waals surface area contributed by atoms with Crippen molar-refractivity contribution in [3.63, 3.8) is 0 Å². The molecule has 0 spiro atoms. The molecule has 0 aromatic heterocycles. The van der Waals surface area contributed by atoms with Crippen molar-refractivity contribution in [1.29, 1.82) is 0 Å². The third kappa shape index (κ3) is 3.11. The molecule has 72 valence electrons. The highest BCUT2D eigenvalue weighted by atomic mass is 14.9. The molecule has 12 heavy (non-hydrogen) atoms. The molecule has 3 N–H and O–H groups in total. The van der Waals surface area contributed by atoms with E-state index in [1.807, 2.05) is 6.92 Å². The lowest BCUT2D eigenvalue weighted by Crippen LogP contribution is -2.37. The van der Waals surface area contributed by atoms with E-state index in [-0.39, 0.29) is 6.04 Å². The molecule has 0 bridgehead atoms. The summed E-state index contributed by atoms with van der Waals surface area (Å²) in [5.41, 5.74) is 6.23. The molecule has 1 rings (SSSR count). The fourth-order valence-corrected chi connectivity index (χ4v) is 1.96. The van der Waals surface area contributed by atoms with Crippen LogP contribution < -0.4 is 11.1 Å². The molecule has 0 aromatic carbocycles. The lowest BCUT2D eigenvalue weighted by Gasteiger charge is -2.18. The summed E-state index contributed by atoms with van der Waals surface area (Å²) in [6, 6.07) is 1.000. The van der Waals surface area contributed by atoms with E-state index < -0.39 is 0 Å². The first-order valence-electron chi connectivity index (χ1n) is 4.98. The molecule has 0 saturated heterocycles. The van der Waals surface area contributed by atoms with E-state index in [0.29, 0.717) is 11.5 Å². The van der Waals surface area contributed by atoms with Crippen molar-refractivity contribution < 1.29 is 0 Å². The summed E-state index contributed by atoms with van der Waals surface area (Å²) in [5.74, 6) is 0. The first-order valence-corrected chi connectivity index (χ1v) is 4.98. The van der Waals surface area contributed by atoms with Gasteiger partial charge >= 0.3 is 0 Å². The summed E-state index contributed by atoms with van der Waals surface area (Å²) in [7, 11) is 0. The zero-order chi connectivity index (χ0) is 9.19. The molecule has 1 aliphatic rings. The molecule has 2 heteroatoms. The maximum Gasteiger partial charge on any atom is 0.0136 e. The zero-order valence-electron chi connectivity index (χ0n) is 8.56. The van der Waals surface area contributed by atoms with Gasteiger partial charge in [0, 0.05) is 18.6 Å². The van der Waals surface area contributed by atoms with Gasteiger partial charge < -0.3 is 11.1 Å². The standard InChI is InChI=1S/C10H22N2/c1-8(11)7-12-9-4-5-10(2,3)6-9/h8-9,12H,4-7,11H2,1-3H3. The predicted octanol–water partition coefficient (Wildman–Crippen LogP) is 1.50. The summed E-state index contributed by atoms with van der Waals surface area (Å²) in [6.07, 6.45) is 3.98. The van der Waals surface area contributed by atoms with Crippen LogP contribution in [0.25, 0.3) is 0 Å². The van der Waals surface area contributed by atoms with Crippen LogP contribution in [-0.4, -0.2) is 18.6 Å². The highest BCUT2D eigenvalue weighted by molar-refractivity contribution is 4.86. The van der Waals surface area contributed by atoms with Crippen LogP contribution >= 0.6 is 0 Å². The second kappa shape index (κ2) is 3.75. The maximum atomic E-state index is 5.68. The Hall–Kier alpha value is -0.0800. The van der Waals surface area contributed by atoms with Crippen LogP contribution in [0.4, 0.5) is 0 Å². The van der Waals surface area contributed by atoms with E-state index in [0.717, 1.165) is 6.54 Å². The topological polar surface area (TPSA) is 38.0 Å². The molecule has 0 amide bonds. The van der Waals surface area contributed by atoms with Crippen LogP contribution in [0.15, 0.2) is 0 Å². The molecule has 0 radical (unpaired) electrons. The summed E-state index contributed by atoms with van der Waals surface area (Å²) in [6.45, 7) is 7.70. The highest BCUT2D eigenvalue weighted by Gasteiger charge is 2.30. The van der Waals surface area contributed by atoms with Gasteiger partial charge in [0.25, 0.3) is 0 Å². The number of nitrogens with two attached hydrogens (primary N) is 1. The van der Waals surface area contributed by atoms with E-state index in [1.54, 1.807) is 0 Å². The monoisotopic (exact) mass is 170 g/mol. The number of hydrogen-bond donors (Lipinski definition) is 2. The van der Waals surface area contributed by atoms with Crippen LogP contribution in [0.3, 0.4) is 0 Å². The quantitative estimate of drug-likeness (QED) is 0.673. The van der Waals surface area contributed by atoms with Crippen LogP contribution in [0.5, 0.6) is 0 Å². The minimum atomic E-state index is 0.286. The van der Waals surface area contributed by atoms with Gasteiger partial charge in [-0.25, -0.2) is 0 Å². The van der Waals surface area contributed by atoms with Crippen molar-refractivity contribution in [2.75, 3.05) is 6.54 Å². The van der Waals surface area contributed by atoms with Crippen molar-refractivity contribution in [3.8, 4) is 0 Å². The summed E-state index contributed by atoms with van der Waals surface area (Å²) in [4.78, 5) is 0. The average molecular weight is 170 g/mol. The SMILES string of the molecule is CC(N)CNC1CCC(C)(C)C1. The smallest absolute Gasteiger partial charge is 0.0136 e. The van der Waals surface area contributed by atoms with Gasteiger partial charge in [-0.15, -0.1) is 0 Å². The first-order chi connectivity index (χ1) is 5.49. The molecule has 2 unspecified atom stereocenters. The highest BCUT2D eigenvalue weighted by Crippen LogP contribution is 2.36. The fourth-order valence-electron chi connectivity index (χ4n) is 1.96. The average Bonchev–Trinajstić information content (AvgIpc) is 2.26. The van der Waals surface area contributed by atoms with Crippen molar-refractivity contribution in [1.82, 2.24) is 5.32 Å². The Morgan fingerprint density at radius 2 is 2.25 bits per heavy atom. The van der Waals surface area contributed by atoms with E-state index in [2.05, 4.69) is 19.2 Å². The summed E-state index contributed by atoms with van der Waals surface area (Å²) >= 11 is 0. The zero-order valence-corrected chi connectivity index (χ0v) is 8.56. The molecular weight excluding hydrogens is 148 g/mol. The van der Waals surface area contributed by atoms with Gasteiger partial charge in [0.2, 0.25) is 0 Å². The Bertz CT molecular complexity index is 141. The van der Waals surface area contributed by atoms with E-state index in [1.165, 1.54) is 19.3 Å². The molecule has 0 heterocycles. The minimum Gasteiger partial charge on any atom is -0.327 e. The minimum absolute atomic E-state index is 0.286. The van der Waals surface area contributed by atoms with E-state index in [4.69, 9.17) is 5.73 Å². The van der Waals surface area contributed by atoms with Gasteiger partial charge in [0.05, 0.1) is 0 Å². The van der Waals surface area contributed by atoms with Gasteiger partial charge in [-0.1, -0.05) is 13.8 Å². The third-order valence-corrected chi connectivity index (χ3v) is 2.70. The van der Waals surface area contributed by atoms with Gasteiger partial charge in [-0.2, -0.15) is 0 Å². The van der Waals surface area contributed by atoms with Gasteiger partial charge in [0.1, 0.15) is 0 Å². The van der Waals surface area contributed by atoms with Crippen LogP contribution in [0, 0.1) is 5.41 Å². The summed E-state index contributed by atoms with van der Waals surface area (Å²) in [5, 5.41) is 3.51. The molecular formula is C10H22N2. The molecule has 1 saturated carbocycles. The number of nitrogens with one attached hydrogen (secondary N) is 1. The first kappa shape index (κ1) is 10.0. The molecule has 2 nitrogen and oxygen atoms in total. The van der Waals surface area contributed by atoms with E-state index >= 15 is 0 Å². The van der Waals surface area contributed by atoms with Crippen LogP contribution in [0.2, 0.25) is 0 Å². The molecule has 2 atom stereocenters. The second-order valence-electron chi connectivity index (χ2n) is 4.99. The lowest BCUT2D eigenvalue weighted by molar-refractivity contribution is 0.363. The van der Waals surface area contributed by atoms with Crippen molar-refractivity contribution in [3.05, 3.63) is 0 Å². The van der Waals surface area contributed by atoms with Crippen molar-refractivity contribution >= 4 is 0 Å². The Kier molecular flexibility index (Phi) is 3.13. The predicted molar refractivity (Wildman–Crippen MR) is 53.1 cm³/mol. The fraction of sp³-hybridized carbons (Fsp3) is 1.00. The van der Waals surface area contributed by atoms with Crippen molar-refractivity contribution in [2.24, 2.45) is 11.1 Å². The van der Waals surface area contributed by atoms with Crippen LogP contribution in [0.1, 0.15) is 40.0 Å². The normalized spacial score (nSPS) is 30.5. The Balaban J connectivity index is 2.20. The largest absolute Gasteiger partial charge is 0.327 e. The Morgan fingerprint density at radius 3 is 2.67 bits per heavy atom. The summed E-state index contributed by atoms with van der Waals surface area (Å²) < 4.78 is 0. The Morgan fingerprint density at radius 1 is 1.58 bits per heavy atom. The maximum absolute atomic E-state index is 5.68. The third-order valence-electron chi connectivity index (χ3n) is 2.70. The molecule has 1 aliphatic carbocycles. The van der Waals surface area contributed by atoms with Crippen LogP contribution in [-0.2, 0) is 0 Å². The van der Waals surface area contributed by atoms with Crippen molar-refractivity contribution in [2.45, 2.75) is 52.1 Å². The molecule has 0 aromatic rings. The molecule has 1 fully saturated rings. The molecule has 0 aliphatic heterocycles. The second-order valence-corrected chi connectivity index (χ2v) is 4.99. The number of hydrogen-bond acceptors (Lipinski definition) is 2. The lowest BCUT2D eigenvalue weighted by atomic mass is 9.92. The number of rotatable bonds is 3. The Labute approximate surface area is 75.9 Å².